The first-order valence-corrected chi connectivity index (χ1v) is 9.08. The molecular formula is C17H13F3N4O4S. The van der Waals surface area contributed by atoms with Gasteiger partial charge >= 0.3 is 6.18 Å². The van der Waals surface area contributed by atoms with Crippen LogP contribution in [-0.2, 0) is 15.8 Å². The van der Waals surface area contributed by atoms with Crippen molar-refractivity contribution in [3.8, 4) is 0 Å². The molecule has 0 radical (unpaired) electrons. The number of hydrogen-bond acceptors (Lipinski definition) is 6. The van der Waals surface area contributed by atoms with Crippen molar-refractivity contribution in [2.45, 2.75) is 11.1 Å². The molecule has 1 heterocycles. The zero-order chi connectivity index (χ0) is 21.2. The summed E-state index contributed by atoms with van der Waals surface area (Å²) in [6.45, 7) is -0.363. The highest BCUT2D eigenvalue weighted by atomic mass is 32.2. The van der Waals surface area contributed by atoms with Gasteiger partial charge in [0, 0.05) is 11.0 Å². The number of nitrogens with zero attached hydrogens (tertiary/aromatic N) is 2. The fraction of sp³-hybridized carbons (Fsp3) is 0.176. The first kappa shape index (κ1) is 20.5. The van der Waals surface area contributed by atoms with E-state index < -0.39 is 28.3 Å². The Balaban J connectivity index is 1.71. The topological polar surface area (TPSA) is 105 Å². The monoisotopic (exact) mass is 426 g/mol. The molecule has 0 fully saturated rings. The Morgan fingerprint density at radius 2 is 1.97 bits per heavy atom. The van der Waals surface area contributed by atoms with Gasteiger partial charge in [0.25, 0.3) is 11.6 Å². The van der Waals surface area contributed by atoms with Crippen LogP contribution in [0.5, 0.6) is 0 Å². The third kappa shape index (κ3) is 4.59. The number of nitro benzene ring substituents is 1. The zero-order valence-corrected chi connectivity index (χ0v) is 15.3. The number of anilines is 2. The van der Waals surface area contributed by atoms with Gasteiger partial charge in [0.1, 0.15) is 12.2 Å². The molecule has 0 aromatic heterocycles. The van der Waals surface area contributed by atoms with Gasteiger partial charge in [-0.05, 0) is 24.3 Å². The van der Waals surface area contributed by atoms with Crippen molar-refractivity contribution in [2.75, 3.05) is 22.6 Å². The number of thioether (sulfide) groups is 1. The van der Waals surface area contributed by atoms with Gasteiger partial charge in [0.05, 0.1) is 21.9 Å². The smallest absolute Gasteiger partial charge is 0.301 e. The third-order valence-electron chi connectivity index (χ3n) is 3.97. The number of nitrogens with one attached hydrogen (secondary N) is 2. The quantitative estimate of drug-likeness (QED) is 0.562. The van der Waals surface area contributed by atoms with E-state index in [1.165, 1.54) is 16.7 Å². The van der Waals surface area contributed by atoms with E-state index in [-0.39, 0.29) is 23.9 Å². The average molecular weight is 426 g/mol. The number of hydrazine groups is 1. The molecule has 1 aliphatic rings. The van der Waals surface area contributed by atoms with E-state index in [0.29, 0.717) is 17.8 Å². The van der Waals surface area contributed by atoms with Gasteiger partial charge in [-0.2, -0.15) is 13.2 Å². The number of carbonyl (C=O) groups excluding carboxylic acids is 2. The number of rotatable bonds is 5. The molecule has 0 bridgehead atoms. The van der Waals surface area contributed by atoms with E-state index in [0.717, 1.165) is 11.0 Å². The van der Waals surface area contributed by atoms with Crippen LogP contribution in [-0.4, -0.2) is 29.0 Å². The highest BCUT2D eigenvalue weighted by Crippen LogP contribution is 2.35. The van der Waals surface area contributed by atoms with E-state index in [4.69, 9.17) is 0 Å². The standard InChI is InChI=1S/C17H13F3N4O4S/c18-17(19,20)10-5-6-11(13(7-10)24(27)28)21-22-15(25)8-23-12-3-1-2-4-14(12)29-9-16(23)26/h1-7,21H,8-9H2,(H,22,25). The van der Waals surface area contributed by atoms with Gasteiger partial charge in [-0.3, -0.25) is 30.6 Å². The van der Waals surface area contributed by atoms with Gasteiger partial charge in [-0.1, -0.05) is 12.1 Å². The van der Waals surface area contributed by atoms with Crippen LogP contribution in [0.15, 0.2) is 47.4 Å². The minimum absolute atomic E-state index is 0.155. The van der Waals surface area contributed by atoms with E-state index in [1.54, 1.807) is 24.3 Å². The molecule has 2 aromatic rings. The molecule has 0 unspecified atom stereocenters. The summed E-state index contributed by atoms with van der Waals surface area (Å²) in [5.41, 5.74) is 2.63. The molecule has 0 aliphatic carbocycles. The minimum atomic E-state index is -4.74. The number of halogens is 3. The Bertz CT molecular complexity index is 983. The SMILES string of the molecule is O=C(CN1C(=O)CSc2ccccc21)NNc1ccc(C(F)(F)F)cc1[N+](=O)[O-]. The van der Waals surface area contributed by atoms with Gasteiger partial charge in [-0.25, -0.2) is 0 Å². The second-order valence-corrected chi connectivity index (χ2v) is 6.91. The van der Waals surface area contributed by atoms with Crippen LogP contribution in [0.4, 0.5) is 30.2 Å². The lowest BCUT2D eigenvalue weighted by molar-refractivity contribution is -0.384. The van der Waals surface area contributed by atoms with Crippen LogP contribution in [0.25, 0.3) is 0 Å². The number of alkyl halides is 3. The third-order valence-corrected chi connectivity index (χ3v) is 5.02. The average Bonchev–Trinajstić information content (AvgIpc) is 2.67. The van der Waals surface area contributed by atoms with E-state index in [9.17, 15) is 32.9 Å². The molecule has 152 valence electrons. The fourth-order valence-corrected chi connectivity index (χ4v) is 3.55. The molecule has 0 saturated carbocycles. The normalized spacial score (nSPS) is 13.6. The molecule has 3 rings (SSSR count). The van der Waals surface area contributed by atoms with Crippen LogP contribution in [0.3, 0.4) is 0 Å². The number of benzene rings is 2. The summed E-state index contributed by atoms with van der Waals surface area (Å²) >= 11 is 1.34. The molecular weight excluding hydrogens is 413 g/mol. The van der Waals surface area contributed by atoms with Crippen molar-refractivity contribution in [1.82, 2.24) is 5.43 Å². The lowest BCUT2D eigenvalue weighted by Crippen LogP contribution is -2.44. The Labute approximate surface area is 166 Å². The van der Waals surface area contributed by atoms with Crippen molar-refractivity contribution in [1.29, 1.82) is 0 Å². The van der Waals surface area contributed by atoms with Gasteiger partial charge in [0.2, 0.25) is 5.91 Å². The Morgan fingerprint density at radius 3 is 2.66 bits per heavy atom. The lowest BCUT2D eigenvalue weighted by Gasteiger charge is -2.28. The molecule has 29 heavy (non-hydrogen) atoms. The first-order valence-electron chi connectivity index (χ1n) is 8.09. The zero-order valence-electron chi connectivity index (χ0n) is 14.5. The lowest BCUT2D eigenvalue weighted by atomic mass is 10.1. The van der Waals surface area contributed by atoms with Gasteiger partial charge < -0.3 is 4.90 Å². The van der Waals surface area contributed by atoms with E-state index in [1.807, 2.05) is 0 Å². The summed E-state index contributed by atoms with van der Waals surface area (Å²) in [6, 6.07) is 8.87. The first-order chi connectivity index (χ1) is 13.7. The van der Waals surface area contributed by atoms with Gasteiger partial charge in [0.15, 0.2) is 0 Å². The summed E-state index contributed by atoms with van der Waals surface area (Å²) in [5, 5.41) is 11.1. The van der Waals surface area contributed by atoms with Crippen LogP contribution >= 0.6 is 11.8 Å². The minimum Gasteiger partial charge on any atom is -0.301 e. The predicted octanol–water partition coefficient (Wildman–Crippen LogP) is 3.20. The summed E-state index contributed by atoms with van der Waals surface area (Å²) in [6.07, 6.45) is -4.74. The Morgan fingerprint density at radius 1 is 1.24 bits per heavy atom. The molecule has 12 heteroatoms. The highest BCUT2D eigenvalue weighted by Gasteiger charge is 2.33. The largest absolute Gasteiger partial charge is 0.416 e. The van der Waals surface area contributed by atoms with Crippen LogP contribution in [0, 0.1) is 10.1 Å². The van der Waals surface area contributed by atoms with E-state index >= 15 is 0 Å². The number of fused-ring (bicyclic) bond motifs is 1. The Kier molecular flexibility index (Phi) is 5.64. The number of amides is 2. The highest BCUT2D eigenvalue weighted by molar-refractivity contribution is 8.00. The molecule has 2 aromatic carbocycles. The molecule has 2 amide bonds. The summed E-state index contributed by atoms with van der Waals surface area (Å²) in [4.78, 5) is 36.5. The number of para-hydroxylation sites is 1. The maximum atomic E-state index is 12.7. The van der Waals surface area contributed by atoms with Crippen molar-refractivity contribution < 1.29 is 27.7 Å². The van der Waals surface area contributed by atoms with Crippen molar-refractivity contribution in [3.63, 3.8) is 0 Å². The molecule has 0 saturated heterocycles. The van der Waals surface area contributed by atoms with E-state index in [2.05, 4.69) is 10.9 Å². The number of carbonyl (C=O) groups is 2. The molecule has 1 aliphatic heterocycles. The van der Waals surface area contributed by atoms with Crippen LogP contribution in [0.1, 0.15) is 5.56 Å². The number of hydrogen-bond donors (Lipinski definition) is 2. The van der Waals surface area contributed by atoms with Crippen molar-refractivity contribution in [3.05, 3.63) is 58.1 Å². The van der Waals surface area contributed by atoms with Crippen molar-refractivity contribution >= 4 is 40.6 Å². The summed E-state index contributed by atoms with van der Waals surface area (Å²) < 4.78 is 38.2. The molecule has 8 nitrogen and oxygen atoms in total. The van der Waals surface area contributed by atoms with Crippen LogP contribution < -0.4 is 15.8 Å². The van der Waals surface area contributed by atoms with Gasteiger partial charge in [-0.15, -0.1) is 11.8 Å². The summed E-state index contributed by atoms with van der Waals surface area (Å²) in [5.74, 6) is -0.833. The molecule has 2 N–H and O–H groups in total. The van der Waals surface area contributed by atoms with Crippen LogP contribution in [0.2, 0.25) is 0 Å². The molecule has 0 atom stereocenters. The number of nitro groups is 1. The maximum Gasteiger partial charge on any atom is 0.416 e. The second-order valence-electron chi connectivity index (χ2n) is 5.90. The predicted molar refractivity (Wildman–Crippen MR) is 99.4 cm³/mol. The fourth-order valence-electron chi connectivity index (χ4n) is 2.61. The summed E-state index contributed by atoms with van der Waals surface area (Å²) in [7, 11) is 0. The maximum absolute atomic E-state index is 12.7. The molecule has 0 spiro atoms. The second kappa shape index (κ2) is 7.99. The van der Waals surface area contributed by atoms with Crippen molar-refractivity contribution in [2.24, 2.45) is 0 Å². The Hall–Kier alpha value is -3.28.